The van der Waals surface area contributed by atoms with Gasteiger partial charge in [0.25, 0.3) is 11.8 Å². The fraction of sp³-hybridized carbons (Fsp3) is 0.167. The second-order valence-corrected chi connectivity index (χ2v) is 5.69. The fourth-order valence-electron chi connectivity index (χ4n) is 1.86. The van der Waals surface area contributed by atoms with Crippen LogP contribution in [0.2, 0.25) is 0 Å². The highest BCUT2D eigenvalue weighted by molar-refractivity contribution is 6.02. The molecule has 0 saturated carbocycles. The van der Waals surface area contributed by atoms with Gasteiger partial charge < -0.3 is 15.5 Å². The van der Waals surface area contributed by atoms with E-state index in [4.69, 9.17) is 0 Å². The van der Waals surface area contributed by atoms with Crippen LogP contribution in [0.1, 0.15) is 16.1 Å². The first-order valence-electron chi connectivity index (χ1n) is 8.08. The number of anilines is 1. The van der Waals surface area contributed by atoms with Gasteiger partial charge in [-0.25, -0.2) is 15.4 Å². The number of nitrogens with one attached hydrogen (secondary N) is 3. The second-order valence-electron chi connectivity index (χ2n) is 5.69. The van der Waals surface area contributed by atoms with Gasteiger partial charge in [0.05, 0.1) is 0 Å². The number of benzene rings is 1. The van der Waals surface area contributed by atoms with Crippen molar-refractivity contribution >= 4 is 24.1 Å². The summed E-state index contributed by atoms with van der Waals surface area (Å²) in [6.07, 6.45) is 4.32. The van der Waals surface area contributed by atoms with Gasteiger partial charge in [0.15, 0.2) is 0 Å². The third-order valence-electron chi connectivity index (χ3n) is 3.12. The Morgan fingerprint density at radius 3 is 2.56 bits per heavy atom. The van der Waals surface area contributed by atoms with Crippen molar-refractivity contribution in [2.24, 2.45) is 5.10 Å². The van der Waals surface area contributed by atoms with Crippen molar-refractivity contribution in [3.8, 4) is 0 Å². The number of hydrogen-bond acceptors (Lipinski definition) is 6. The van der Waals surface area contributed by atoms with Gasteiger partial charge in [-0.05, 0) is 25.1 Å². The fourth-order valence-corrected chi connectivity index (χ4v) is 1.86. The number of aryl methyl sites for hydroxylation is 1. The van der Waals surface area contributed by atoms with Crippen LogP contribution < -0.4 is 16.1 Å². The average molecular weight is 367 g/mol. The van der Waals surface area contributed by atoms with E-state index in [1.54, 1.807) is 61.6 Å². The van der Waals surface area contributed by atoms with Crippen molar-refractivity contribution in [3.63, 3.8) is 0 Å². The molecule has 2 rings (SSSR count). The lowest BCUT2D eigenvalue weighted by atomic mass is 10.2. The molecule has 0 atom stereocenters. The second kappa shape index (κ2) is 9.66. The summed E-state index contributed by atoms with van der Waals surface area (Å²) in [5.74, 6) is -0.732. The minimum Gasteiger partial charge on any atom is -0.367 e. The first-order chi connectivity index (χ1) is 13.0. The molecule has 0 aliphatic heterocycles. The quantitative estimate of drug-likeness (QED) is 0.292. The van der Waals surface area contributed by atoms with Crippen molar-refractivity contribution in [2.45, 2.75) is 6.92 Å². The van der Waals surface area contributed by atoms with E-state index >= 15 is 0 Å². The standard InChI is InChI=1S/C18H21N7O2/c1-13-9-10-19-18(22-13)20-11-15(17(27)24-21-12-25(2)3)23-16(26)14-7-5-4-6-8-14/h4-12H,1-3H3,(H,23,26)(H,24,27)(H,19,20,22)/b15-11+,21-12-. The van der Waals surface area contributed by atoms with E-state index in [0.29, 0.717) is 11.5 Å². The Bertz CT molecular complexity index is 848. The van der Waals surface area contributed by atoms with E-state index in [1.165, 1.54) is 12.5 Å². The zero-order chi connectivity index (χ0) is 19.6. The molecule has 3 N–H and O–H groups in total. The minimum atomic E-state index is -0.600. The largest absolute Gasteiger partial charge is 0.367 e. The van der Waals surface area contributed by atoms with Gasteiger partial charge in [0, 0.05) is 37.7 Å². The number of nitrogens with zero attached hydrogens (tertiary/aromatic N) is 4. The lowest BCUT2D eigenvalue weighted by Gasteiger charge is -2.10. The molecule has 0 fully saturated rings. The molecule has 0 spiro atoms. The van der Waals surface area contributed by atoms with Crippen LogP contribution in [0.15, 0.2) is 59.6 Å². The molecule has 2 aromatic rings. The van der Waals surface area contributed by atoms with E-state index in [0.717, 1.165) is 5.69 Å². The number of aromatic nitrogens is 2. The Labute approximate surface area is 157 Å². The summed E-state index contributed by atoms with van der Waals surface area (Å²) in [5.41, 5.74) is 3.48. The van der Waals surface area contributed by atoms with Crippen LogP contribution in [-0.2, 0) is 4.79 Å². The Morgan fingerprint density at radius 2 is 1.89 bits per heavy atom. The molecule has 0 aliphatic rings. The van der Waals surface area contributed by atoms with Gasteiger partial charge in [-0.3, -0.25) is 9.59 Å². The zero-order valence-electron chi connectivity index (χ0n) is 15.3. The molecule has 9 nitrogen and oxygen atoms in total. The summed E-state index contributed by atoms with van der Waals surface area (Å²) < 4.78 is 0. The summed E-state index contributed by atoms with van der Waals surface area (Å²) in [6.45, 7) is 1.82. The van der Waals surface area contributed by atoms with Crippen LogP contribution in [0, 0.1) is 6.92 Å². The lowest BCUT2D eigenvalue weighted by molar-refractivity contribution is -0.117. The highest BCUT2D eigenvalue weighted by Gasteiger charge is 2.14. The third-order valence-corrected chi connectivity index (χ3v) is 3.12. The molecule has 1 aromatic carbocycles. The van der Waals surface area contributed by atoms with Crippen molar-refractivity contribution in [2.75, 3.05) is 19.4 Å². The molecule has 0 bridgehead atoms. The van der Waals surface area contributed by atoms with Crippen molar-refractivity contribution in [3.05, 3.63) is 65.7 Å². The zero-order valence-corrected chi connectivity index (χ0v) is 15.3. The Balaban J connectivity index is 2.17. The third kappa shape index (κ3) is 6.58. The Kier molecular flexibility index (Phi) is 7.00. The van der Waals surface area contributed by atoms with E-state index in [-0.39, 0.29) is 5.70 Å². The molecular weight excluding hydrogens is 346 g/mol. The maximum absolute atomic E-state index is 12.4. The van der Waals surface area contributed by atoms with Crippen LogP contribution in [-0.4, -0.2) is 47.1 Å². The smallest absolute Gasteiger partial charge is 0.289 e. The van der Waals surface area contributed by atoms with Gasteiger partial charge in [0.1, 0.15) is 12.0 Å². The SMILES string of the molecule is Cc1ccnc(N/C=C(/NC(=O)c2ccccc2)C(=O)N/N=C\N(C)C)n1. The van der Waals surface area contributed by atoms with Gasteiger partial charge >= 0.3 is 0 Å². The summed E-state index contributed by atoms with van der Waals surface area (Å²) in [4.78, 5) is 34.6. The van der Waals surface area contributed by atoms with Crippen LogP contribution in [0.25, 0.3) is 0 Å². The van der Waals surface area contributed by atoms with Crippen LogP contribution in [0.5, 0.6) is 0 Å². The van der Waals surface area contributed by atoms with Crippen molar-refractivity contribution in [1.82, 2.24) is 25.6 Å². The molecule has 1 heterocycles. The van der Waals surface area contributed by atoms with E-state index in [1.807, 2.05) is 6.92 Å². The number of hydrazone groups is 1. The molecule has 2 amide bonds. The van der Waals surface area contributed by atoms with E-state index in [9.17, 15) is 9.59 Å². The summed E-state index contributed by atoms with van der Waals surface area (Å²) in [5, 5.41) is 9.15. The van der Waals surface area contributed by atoms with Gasteiger partial charge in [-0.1, -0.05) is 18.2 Å². The first-order valence-corrected chi connectivity index (χ1v) is 8.08. The van der Waals surface area contributed by atoms with Crippen LogP contribution >= 0.6 is 0 Å². The minimum absolute atomic E-state index is 0.0372. The number of carbonyl (C=O) groups excluding carboxylic acids is 2. The highest BCUT2D eigenvalue weighted by Crippen LogP contribution is 2.03. The average Bonchev–Trinajstić information content (AvgIpc) is 2.65. The molecule has 140 valence electrons. The van der Waals surface area contributed by atoms with Crippen molar-refractivity contribution < 1.29 is 9.59 Å². The van der Waals surface area contributed by atoms with Gasteiger partial charge in [0.2, 0.25) is 5.95 Å². The maximum Gasteiger partial charge on any atom is 0.289 e. The predicted octanol–water partition coefficient (Wildman–Crippen LogP) is 1.09. The number of amides is 2. The summed E-state index contributed by atoms with van der Waals surface area (Å²) >= 11 is 0. The van der Waals surface area contributed by atoms with Crippen molar-refractivity contribution in [1.29, 1.82) is 0 Å². The number of carbonyl (C=O) groups is 2. The van der Waals surface area contributed by atoms with Crippen LogP contribution in [0.3, 0.4) is 0 Å². The number of hydrogen-bond donors (Lipinski definition) is 3. The molecule has 0 saturated heterocycles. The normalized spacial score (nSPS) is 11.1. The van der Waals surface area contributed by atoms with E-state index < -0.39 is 11.8 Å². The molecule has 0 radical (unpaired) electrons. The Morgan fingerprint density at radius 1 is 1.15 bits per heavy atom. The lowest BCUT2D eigenvalue weighted by Crippen LogP contribution is -2.33. The molecule has 0 unspecified atom stereocenters. The topological polar surface area (TPSA) is 112 Å². The monoisotopic (exact) mass is 367 g/mol. The highest BCUT2D eigenvalue weighted by atomic mass is 16.2. The molecule has 1 aromatic heterocycles. The first kappa shape index (κ1) is 19.6. The molecular formula is C18H21N7O2. The summed E-state index contributed by atoms with van der Waals surface area (Å²) in [7, 11) is 3.53. The van der Waals surface area contributed by atoms with E-state index in [2.05, 4.69) is 31.1 Å². The predicted molar refractivity (Wildman–Crippen MR) is 103 cm³/mol. The molecule has 9 heteroatoms. The summed E-state index contributed by atoms with van der Waals surface area (Å²) in [6, 6.07) is 10.3. The Hall–Kier alpha value is -3.75. The number of rotatable bonds is 7. The maximum atomic E-state index is 12.4. The van der Waals surface area contributed by atoms with Crippen LogP contribution in [0.4, 0.5) is 5.95 Å². The molecule has 0 aliphatic carbocycles. The van der Waals surface area contributed by atoms with Gasteiger partial charge in [-0.15, -0.1) is 0 Å². The molecule has 27 heavy (non-hydrogen) atoms. The van der Waals surface area contributed by atoms with Gasteiger partial charge in [-0.2, -0.15) is 5.10 Å².